The van der Waals surface area contributed by atoms with Crippen molar-refractivity contribution < 1.29 is 4.79 Å². The number of carbonyl (C=O) groups excluding carboxylic acids is 1. The molecular weight excluding hydrogens is 410 g/mol. The summed E-state index contributed by atoms with van der Waals surface area (Å²) in [5.41, 5.74) is 7.31. The highest BCUT2D eigenvalue weighted by Gasteiger charge is 2.14. The number of aromatic nitrogens is 2. The molecule has 1 heterocycles. The Balaban J connectivity index is 1.93. The molecule has 0 radical (unpaired) electrons. The third-order valence-corrected chi connectivity index (χ3v) is 5.70. The predicted molar refractivity (Wildman–Crippen MR) is 127 cm³/mol. The van der Waals surface area contributed by atoms with Crippen LogP contribution in [-0.4, -0.2) is 21.6 Å². The molecule has 0 spiro atoms. The van der Waals surface area contributed by atoms with Crippen LogP contribution in [0, 0.1) is 34.6 Å². The van der Waals surface area contributed by atoms with E-state index in [1.807, 2.05) is 82.7 Å². The van der Waals surface area contributed by atoms with Crippen LogP contribution in [0.2, 0.25) is 5.02 Å². The molecule has 1 amide bonds. The van der Waals surface area contributed by atoms with Gasteiger partial charge in [-0.1, -0.05) is 34.9 Å². The summed E-state index contributed by atoms with van der Waals surface area (Å²) in [6.07, 6.45) is 0. The van der Waals surface area contributed by atoms with Crippen LogP contribution >= 0.6 is 11.6 Å². The maximum absolute atomic E-state index is 13.0. The first-order valence-corrected chi connectivity index (χ1v) is 10.5. The number of aliphatic imine (C=N–C) groups is 1. The monoisotopic (exact) mass is 437 g/mol. The molecule has 0 unspecified atom stereocenters. The van der Waals surface area contributed by atoms with Gasteiger partial charge in [0.25, 0.3) is 5.91 Å². The normalized spacial score (nSPS) is 11.5. The Hall–Kier alpha value is -3.12. The van der Waals surface area contributed by atoms with Crippen LogP contribution < -0.4 is 10.6 Å². The van der Waals surface area contributed by atoms with E-state index in [2.05, 4.69) is 20.7 Å². The first kappa shape index (κ1) is 22.6. The fraction of sp³-hybridized carbons (Fsp3) is 0.292. The molecule has 3 aromatic rings. The van der Waals surface area contributed by atoms with E-state index in [0.29, 0.717) is 23.1 Å². The third kappa shape index (κ3) is 5.33. The molecule has 162 valence electrons. The van der Waals surface area contributed by atoms with Crippen LogP contribution in [0.1, 0.15) is 44.0 Å². The lowest BCUT2D eigenvalue weighted by Gasteiger charge is -2.15. The van der Waals surface area contributed by atoms with Gasteiger partial charge in [-0.15, -0.1) is 0 Å². The molecule has 7 heteroatoms. The minimum atomic E-state index is -0.225. The van der Waals surface area contributed by atoms with E-state index in [-0.39, 0.29) is 5.91 Å². The van der Waals surface area contributed by atoms with Crippen molar-refractivity contribution in [1.82, 2.24) is 15.1 Å². The van der Waals surface area contributed by atoms with Gasteiger partial charge in [0.05, 0.1) is 12.2 Å². The standard InChI is InChI=1S/C24H28ClN5O/c1-14-10-15(2)12-19(11-14)23(31)28-24(27-22-9-7-8-21(25)16(22)3)26-13-20-17(4)29-30(6)18(20)5/h7-12H,13H2,1-6H3,(H2,26,27,28,31). The van der Waals surface area contributed by atoms with Gasteiger partial charge in [-0.05, 0) is 64.4 Å². The molecule has 2 aromatic carbocycles. The van der Waals surface area contributed by atoms with Crippen LogP contribution in [0.4, 0.5) is 5.69 Å². The number of nitrogens with zero attached hydrogens (tertiary/aromatic N) is 3. The fourth-order valence-corrected chi connectivity index (χ4v) is 3.65. The summed E-state index contributed by atoms with van der Waals surface area (Å²) in [5.74, 6) is 0.134. The van der Waals surface area contributed by atoms with Gasteiger partial charge in [-0.2, -0.15) is 5.10 Å². The van der Waals surface area contributed by atoms with Crippen LogP contribution in [-0.2, 0) is 13.6 Å². The first-order valence-electron chi connectivity index (χ1n) is 10.1. The highest BCUT2D eigenvalue weighted by atomic mass is 35.5. The van der Waals surface area contributed by atoms with Crippen LogP contribution in [0.3, 0.4) is 0 Å². The van der Waals surface area contributed by atoms with Gasteiger partial charge in [-0.25, -0.2) is 4.99 Å². The van der Waals surface area contributed by atoms with Crippen molar-refractivity contribution in [1.29, 1.82) is 0 Å². The summed E-state index contributed by atoms with van der Waals surface area (Å²) in [5, 5.41) is 11.3. The summed E-state index contributed by atoms with van der Waals surface area (Å²) in [7, 11) is 1.91. The molecule has 0 aliphatic heterocycles. The number of hydrogen-bond donors (Lipinski definition) is 2. The van der Waals surface area contributed by atoms with E-state index in [1.54, 1.807) is 0 Å². The minimum Gasteiger partial charge on any atom is -0.326 e. The van der Waals surface area contributed by atoms with Gasteiger partial charge in [0.2, 0.25) is 5.96 Å². The number of nitrogens with one attached hydrogen (secondary N) is 2. The molecule has 31 heavy (non-hydrogen) atoms. The van der Waals surface area contributed by atoms with Crippen molar-refractivity contribution in [2.45, 2.75) is 41.2 Å². The number of aryl methyl sites for hydroxylation is 4. The molecule has 0 aliphatic rings. The maximum Gasteiger partial charge on any atom is 0.257 e. The molecule has 0 aliphatic carbocycles. The van der Waals surface area contributed by atoms with Crippen molar-refractivity contribution in [2.24, 2.45) is 12.0 Å². The Kier molecular flexibility index (Phi) is 6.81. The van der Waals surface area contributed by atoms with Crippen LogP contribution in [0.25, 0.3) is 0 Å². The van der Waals surface area contributed by atoms with Crippen molar-refractivity contribution in [3.05, 3.63) is 80.6 Å². The summed E-state index contributed by atoms with van der Waals surface area (Å²) >= 11 is 6.27. The van der Waals surface area contributed by atoms with E-state index in [1.165, 1.54) is 0 Å². The molecule has 3 rings (SSSR count). The summed E-state index contributed by atoms with van der Waals surface area (Å²) in [4.78, 5) is 17.7. The van der Waals surface area contributed by atoms with E-state index >= 15 is 0 Å². The summed E-state index contributed by atoms with van der Waals surface area (Å²) in [6, 6.07) is 11.3. The molecule has 0 fully saturated rings. The molecule has 0 saturated heterocycles. The summed E-state index contributed by atoms with van der Waals surface area (Å²) in [6.45, 7) is 10.2. The Morgan fingerprint density at radius 2 is 1.77 bits per heavy atom. The van der Waals surface area contributed by atoms with E-state index in [0.717, 1.165) is 39.3 Å². The van der Waals surface area contributed by atoms with Gasteiger partial charge >= 0.3 is 0 Å². The Bertz CT molecular complexity index is 1140. The van der Waals surface area contributed by atoms with Gasteiger partial charge in [0.15, 0.2) is 0 Å². The minimum absolute atomic E-state index is 0.225. The van der Waals surface area contributed by atoms with E-state index < -0.39 is 0 Å². The number of carbonyl (C=O) groups is 1. The van der Waals surface area contributed by atoms with Crippen molar-refractivity contribution in [2.75, 3.05) is 5.32 Å². The molecule has 0 bridgehead atoms. The lowest BCUT2D eigenvalue weighted by Crippen LogP contribution is -2.36. The number of anilines is 1. The number of amides is 1. The molecule has 0 saturated carbocycles. The van der Waals surface area contributed by atoms with Crippen LogP contribution in [0.15, 0.2) is 41.4 Å². The smallest absolute Gasteiger partial charge is 0.257 e. The van der Waals surface area contributed by atoms with Crippen molar-refractivity contribution in [3.63, 3.8) is 0 Å². The Morgan fingerprint density at radius 1 is 1.10 bits per heavy atom. The molecule has 2 N–H and O–H groups in total. The maximum atomic E-state index is 13.0. The average molecular weight is 438 g/mol. The van der Waals surface area contributed by atoms with Gasteiger partial charge in [0.1, 0.15) is 0 Å². The average Bonchev–Trinajstić information content (AvgIpc) is 2.94. The van der Waals surface area contributed by atoms with E-state index in [9.17, 15) is 4.79 Å². The number of halogens is 1. The number of guanidine groups is 1. The van der Waals surface area contributed by atoms with Crippen molar-refractivity contribution in [3.8, 4) is 0 Å². The Labute approximate surface area is 188 Å². The van der Waals surface area contributed by atoms with Gasteiger partial charge in [0, 0.05) is 34.6 Å². The largest absolute Gasteiger partial charge is 0.326 e. The second-order valence-corrected chi connectivity index (χ2v) is 8.21. The Morgan fingerprint density at radius 3 is 2.39 bits per heavy atom. The number of hydrogen-bond acceptors (Lipinski definition) is 3. The van der Waals surface area contributed by atoms with Gasteiger partial charge in [-0.3, -0.25) is 14.8 Å². The zero-order valence-electron chi connectivity index (χ0n) is 18.8. The number of benzene rings is 2. The SMILES string of the molecule is Cc1cc(C)cc(C(=O)NC(=NCc2c(C)nn(C)c2C)Nc2cccc(Cl)c2C)c1. The molecular formula is C24H28ClN5O. The highest BCUT2D eigenvalue weighted by Crippen LogP contribution is 2.23. The zero-order valence-corrected chi connectivity index (χ0v) is 19.6. The predicted octanol–water partition coefficient (Wildman–Crippen LogP) is 5.01. The third-order valence-electron chi connectivity index (χ3n) is 5.29. The molecule has 0 atom stereocenters. The second-order valence-electron chi connectivity index (χ2n) is 7.81. The van der Waals surface area contributed by atoms with Crippen molar-refractivity contribution >= 4 is 29.2 Å². The molecule has 1 aromatic heterocycles. The molecule has 6 nitrogen and oxygen atoms in total. The topological polar surface area (TPSA) is 71.3 Å². The zero-order chi connectivity index (χ0) is 22.7. The fourth-order valence-electron chi connectivity index (χ4n) is 3.47. The van der Waals surface area contributed by atoms with Crippen LogP contribution in [0.5, 0.6) is 0 Å². The first-order chi connectivity index (χ1) is 14.7. The lowest BCUT2D eigenvalue weighted by atomic mass is 10.1. The second kappa shape index (κ2) is 9.35. The quantitative estimate of drug-likeness (QED) is 0.445. The summed E-state index contributed by atoms with van der Waals surface area (Å²) < 4.78 is 1.84. The highest BCUT2D eigenvalue weighted by molar-refractivity contribution is 6.31. The van der Waals surface area contributed by atoms with E-state index in [4.69, 9.17) is 11.6 Å². The number of rotatable bonds is 4. The lowest BCUT2D eigenvalue weighted by molar-refractivity contribution is 0.0976. The van der Waals surface area contributed by atoms with Gasteiger partial charge < -0.3 is 5.32 Å².